The van der Waals surface area contributed by atoms with Crippen LogP contribution in [-0.4, -0.2) is 46.4 Å². The van der Waals surface area contributed by atoms with Crippen LogP contribution in [0.4, 0.5) is 37.0 Å². The van der Waals surface area contributed by atoms with E-state index < -0.39 is 49.1 Å². The zero-order valence-electron chi connectivity index (χ0n) is 24.7. The summed E-state index contributed by atoms with van der Waals surface area (Å²) in [4.78, 5) is 23.3. The second kappa shape index (κ2) is 11.2. The maximum absolute atomic E-state index is 15.0. The second-order valence-electron chi connectivity index (χ2n) is 13.0. The van der Waals surface area contributed by atoms with Gasteiger partial charge < -0.3 is 14.0 Å². The van der Waals surface area contributed by atoms with Crippen molar-refractivity contribution in [1.29, 1.82) is 0 Å². The molecule has 2 aromatic heterocycles. The molecule has 2 heterocycles. The smallest absolute Gasteiger partial charge is 0.415 e. The molecule has 4 fully saturated rings. The lowest BCUT2D eigenvalue weighted by Gasteiger charge is -2.53. The van der Waals surface area contributed by atoms with E-state index in [-0.39, 0.29) is 40.4 Å². The summed E-state index contributed by atoms with van der Waals surface area (Å²) in [5, 5.41) is 4.10. The van der Waals surface area contributed by atoms with Gasteiger partial charge in [0.2, 0.25) is 0 Å². The summed E-state index contributed by atoms with van der Waals surface area (Å²) in [6, 6.07) is 6.67. The van der Waals surface area contributed by atoms with Crippen LogP contribution in [0.5, 0.6) is 5.75 Å². The van der Waals surface area contributed by atoms with Gasteiger partial charge in [-0.1, -0.05) is 17.3 Å². The van der Waals surface area contributed by atoms with Crippen LogP contribution in [0.1, 0.15) is 76.9 Å². The fourth-order valence-corrected chi connectivity index (χ4v) is 6.60. The predicted octanol–water partition coefficient (Wildman–Crippen LogP) is 8.11. The monoisotopic (exact) mass is 638 g/mol. The Labute approximate surface area is 255 Å². The number of hydrogen-bond donors (Lipinski definition) is 0. The SMILES string of the molecule is CC(C)(F)c1nc(C23CCC(CN(C(=O)OC4CC(F)(F)C4)c4cc(-c5ccc(OC(F)F)cc5)c(F)cn4)(CC2)CC3)no1. The molecule has 0 radical (unpaired) electrons. The van der Waals surface area contributed by atoms with Crippen LogP contribution in [0.3, 0.4) is 0 Å². The summed E-state index contributed by atoms with van der Waals surface area (Å²) < 4.78 is 96.7. The number of benzene rings is 1. The Hall–Kier alpha value is -3.84. The quantitative estimate of drug-likeness (QED) is 0.219. The lowest BCUT2D eigenvalue weighted by Crippen LogP contribution is -2.52. The Morgan fingerprint density at radius 1 is 1.09 bits per heavy atom. The highest BCUT2D eigenvalue weighted by Gasteiger charge is 2.54. The summed E-state index contributed by atoms with van der Waals surface area (Å²) >= 11 is 0. The number of anilines is 1. The van der Waals surface area contributed by atoms with E-state index >= 15 is 4.39 Å². The van der Waals surface area contributed by atoms with Gasteiger partial charge >= 0.3 is 12.7 Å². The number of halogens is 6. The fraction of sp³-hybridized carbons (Fsp3) is 0.548. The van der Waals surface area contributed by atoms with E-state index in [1.807, 2.05) is 0 Å². The molecule has 45 heavy (non-hydrogen) atoms. The first-order valence-corrected chi connectivity index (χ1v) is 14.8. The first kappa shape index (κ1) is 31.2. The standard InChI is InChI=1S/C31H32F6N4O4/c1-28(2,35)25-39-24(40-45-25)30-10-7-29(8-11-30,9-12-30)17-41(27(42)44-20-14-31(36,37)15-20)23-13-21(22(32)16-38-23)18-3-5-19(6-4-18)43-26(33)34/h3-6,13,16,20,26H,7-12,14-15,17H2,1-2H3. The van der Waals surface area contributed by atoms with Crippen molar-refractivity contribution in [1.82, 2.24) is 15.1 Å². The molecule has 0 N–H and O–H groups in total. The van der Waals surface area contributed by atoms with E-state index in [0.29, 0.717) is 49.9 Å². The summed E-state index contributed by atoms with van der Waals surface area (Å²) in [5.41, 5.74) is -2.19. The molecule has 0 spiro atoms. The average Bonchev–Trinajstić information content (AvgIpc) is 3.49. The van der Waals surface area contributed by atoms with Gasteiger partial charge in [-0.05, 0) is 81.5 Å². The van der Waals surface area contributed by atoms with E-state index in [9.17, 15) is 26.7 Å². The van der Waals surface area contributed by atoms with Crippen LogP contribution in [-0.2, 0) is 15.8 Å². The van der Waals surface area contributed by atoms with Gasteiger partial charge in [0, 0.05) is 30.4 Å². The number of fused-ring (bicyclic) bond motifs is 3. The van der Waals surface area contributed by atoms with Gasteiger partial charge in [0.1, 0.15) is 23.5 Å². The minimum absolute atomic E-state index is 0.0454. The summed E-state index contributed by atoms with van der Waals surface area (Å²) in [7, 11) is 0. The van der Waals surface area contributed by atoms with Crippen LogP contribution in [0.15, 0.2) is 41.1 Å². The highest BCUT2D eigenvalue weighted by Crippen LogP contribution is 2.58. The van der Waals surface area contributed by atoms with Crippen LogP contribution < -0.4 is 9.64 Å². The number of aromatic nitrogens is 3. The molecule has 4 aliphatic carbocycles. The summed E-state index contributed by atoms with van der Waals surface area (Å²) in [6.07, 6.45) is 1.87. The number of ether oxygens (including phenoxy) is 2. The molecule has 1 amide bonds. The highest BCUT2D eigenvalue weighted by atomic mass is 19.3. The molecule has 4 aliphatic rings. The Morgan fingerprint density at radius 2 is 1.73 bits per heavy atom. The number of hydrogen-bond acceptors (Lipinski definition) is 7. The van der Waals surface area contributed by atoms with Crippen molar-refractivity contribution in [3.8, 4) is 16.9 Å². The zero-order chi connectivity index (χ0) is 32.2. The van der Waals surface area contributed by atoms with Gasteiger partial charge in [0.25, 0.3) is 11.8 Å². The minimum Gasteiger partial charge on any atom is -0.445 e. The number of alkyl halides is 5. The summed E-state index contributed by atoms with van der Waals surface area (Å²) in [5.74, 6) is -3.30. The third-order valence-electron chi connectivity index (χ3n) is 9.35. The lowest BCUT2D eigenvalue weighted by molar-refractivity contribution is -0.143. The van der Waals surface area contributed by atoms with Gasteiger partial charge in [0.15, 0.2) is 11.5 Å². The minimum atomic E-state index is -3.02. The molecule has 1 aromatic carbocycles. The zero-order valence-corrected chi connectivity index (χ0v) is 24.7. The normalized spacial score (nSPS) is 24.4. The largest absolute Gasteiger partial charge is 0.445 e. The first-order valence-electron chi connectivity index (χ1n) is 14.8. The molecule has 2 bridgehead atoms. The molecular weight excluding hydrogens is 606 g/mol. The number of nitrogens with zero attached hydrogens (tertiary/aromatic N) is 4. The van der Waals surface area contributed by atoms with Crippen molar-refractivity contribution in [3.05, 3.63) is 54.1 Å². The molecule has 0 unspecified atom stereocenters. The molecule has 0 atom stereocenters. The molecule has 0 aliphatic heterocycles. The number of rotatable bonds is 9. The summed E-state index contributed by atoms with van der Waals surface area (Å²) in [6.45, 7) is -0.191. The van der Waals surface area contributed by atoms with Crippen molar-refractivity contribution in [2.75, 3.05) is 11.4 Å². The average molecular weight is 639 g/mol. The van der Waals surface area contributed by atoms with Crippen molar-refractivity contribution in [2.45, 2.75) is 94.9 Å². The van der Waals surface area contributed by atoms with Crippen LogP contribution in [0.2, 0.25) is 0 Å². The number of amides is 1. The van der Waals surface area contributed by atoms with E-state index in [1.54, 1.807) is 0 Å². The molecule has 7 rings (SSSR count). The molecule has 0 saturated heterocycles. The molecule has 14 heteroatoms. The van der Waals surface area contributed by atoms with Crippen LogP contribution >= 0.6 is 0 Å². The van der Waals surface area contributed by atoms with E-state index in [1.165, 1.54) is 49.1 Å². The number of carbonyl (C=O) groups is 1. The van der Waals surface area contributed by atoms with Crippen molar-refractivity contribution < 1.29 is 45.1 Å². The Balaban J connectivity index is 1.25. The Kier molecular flexibility index (Phi) is 7.75. The predicted molar refractivity (Wildman–Crippen MR) is 148 cm³/mol. The van der Waals surface area contributed by atoms with Gasteiger partial charge in [-0.25, -0.2) is 27.3 Å². The molecular formula is C31H32F6N4O4. The molecule has 8 nitrogen and oxygen atoms in total. The molecule has 3 aromatic rings. The Morgan fingerprint density at radius 3 is 2.29 bits per heavy atom. The first-order chi connectivity index (χ1) is 21.2. The number of pyridine rings is 1. The van der Waals surface area contributed by atoms with Gasteiger partial charge in [0.05, 0.1) is 6.20 Å². The second-order valence-corrected chi connectivity index (χ2v) is 13.0. The van der Waals surface area contributed by atoms with Crippen molar-refractivity contribution >= 4 is 11.9 Å². The maximum atomic E-state index is 15.0. The van der Waals surface area contributed by atoms with Gasteiger partial charge in [-0.15, -0.1) is 0 Å². The maximum Gasteiger partial charge on any atom is 0.415 e. The topological polar surface area (TPSA) is 90.6 Å². The van der Waals surface area contributed by atoms with Crippen molar-refractivity contribution in [3.63, 3.8) is 0 Å². The highest BCUT2D eigenvalue weighted by molar-refractivity contribution is 5.87. The lowest BCUT2D eigenvalue weighted by atomic mass is 9.53. The third-order valence-corrected chi connectivity index (χ3v) is 9.35. The number of carbonyl (C=O) groups excluding carboxylic acids is 1. The van der Waals surface area contributed by atoms with E-state index in [0.717, 1.165) is 6.20 Å². The van der Waals surface area contributed by atoms with Crippen molar-refractivity contribution in [2.24, 2.45) is 5.41 Å². The van der Waals surface area contributed by atoms with Gasteiger partial charge in [-0.2, -0.15) is 13.8 Å². The van der Waals surface area contributed by atoms with E-state index in [2.05, 4.69) is 19.9 Å². The Bertz CT molecular complexity index is 1530. The van der Waals surface area contributed by atoms with Gasteiger partial charge in [-0.3, -0.25) is 4.90 Å². The molecule has 242 valence electrons. The van der Waals surface area contributed by atoms with E-state index in [4.69, 9.17) is 9.26 Å². The van der Waals surface area contributed by atoms with Crippen LogP contribution in [0, 0.1) is 11.2 Å². The molecule has 4 saturated carbocycles. The third kappa shape index (κ3) is 6.32. The van der Waals surface area contributed by atoms with Crippen LogP contribution in [0.25, 0.3) is 11.1 Å². The fourth-order valence-electron chi connectivity index (χ4n) is 6.60.